The van der Waals surface area contributed by atoms with Crippen LogP contribution in [-0.2, 0) is 25.7 Å². The molecule has 0 aliphatic carbocycles. The summed E-state index contributed by atoms with van der Waals surface area (Å²) in [5.74, 6) is -0.762. The Bertz CT molecular complexity index is 663. The van der Waals surface area contributed by atoms with Crippen LogP contribution in [0.5, 0.6) is 0 Å². The van der Waals surface area contributed by atoms with Gasteiger partial charge < -0.3 is 25.5 Å². The maximum absolute atomic E-state index is 12.2. The van der Waals surface area contributed by atoms with Gasteiger partial charge in [-0.2, -0.15) is 0 Å². The van der Waals surface area contributed by atoms with Crippen molar-refractivity contribution in [2.45, 2.75) is 58.8 Å². The molecule has 0 spiro atoms. The molecule has 1 rings (SSSR count). The van der Waals surface area contributed by atoms with Gasteiger partial charge in [0.05, 0.1) is 6.04 Å². The van der Waals surface area contributed by atoms with Gasteiger partial charge in [0.15, 0.2) is 0 Å². The summed E-state index contributed by atoms with van der Waals surface area (Å²) in [5, 5.41) is 7.50. The third-order valence-electron chi connectivity index (χ3n) is 3.91. The minimum Gasteiger partial charge on any atom is -0.445 e. The van der Waals surface area contributed by atoms with Gasteiger partial charge in [0.2, 0.25) is 11.8 Å². The molecule has 0 heterocycles. The van der Waals surface area contributed by atoms with Crippen LogP contribution in [0.1, 0.15) is 39.7 Å². The van der Waals surface area contributed by atoms with Crippen LogP contribution in [0.4, 0.5) is 4.79 Å². The second-order valence-electron chi connectivity index (χ2n) is 7.04. The predicted molar refractivity (Wildman–Crippen MR) is 104 cm³/mol. The standard InChI is InChI=1S/C20H29N3O5/c1-13(2)10-17(11-24)23-19(26)14(3)21-18(25)15(4)22-20(27)28-12-16-8-6-5-7-9-16/h5-9,11,13-15,17H,10,12H2,1-4H3,(H,21,25)(H,22,27)(H,23,26). The van der Waals surface area contributed by atoms with Crippen molar-refractivity contribution in [3.05, 3.63) is 35.9 Å². The number of carbonyl (C=O) groups is 4. The lowest BCUT2D eigenvalue weighted by molar-refractivity contribution is -0.130. The van der Waals surface area contributed by atoms with E-state index in [4.69, 9.17) is 4.74 Å². The summed E-state index contributed by atoms with van der Waals surface area (Å²) in [6.07, 6.45) is 0.460. The van der Waals surface area contributed by atoms with E-state index < -0.39 is 36.0 Å². The molecule has 0 saturated carbocycles. The molecule has 3 atom stereocenters. The number of carbonyl (C=O) groups excluding carboxylic acids is 4. The van der Waals surface area contributed by atoms with E-state index in [0.717, 1.165) is 5.56 Å². The number of alkyl carbamates (subject to hydrolysis) is 1. The molecule has 0 saturated heterocycles. The van der Waals surface area contributed by atoms with Crippen LogP contribution < -0.4 is 16.0 Å². The Morgan fingerprint density at radius 1 is 0.929 bits per heavy atom. The molecular formula is C20H29N3O5. The molecule has 0 aromatic heterocycles. The largest absolute Gasteiger partial charge is 0.445 e. The molecule has 3 N–H and O–H groups in total. The monoisotopic (exact) mass is 391 g/mol. The number of aldehydes is 1. The van der Waals surface area contributed by atoms with E-state index in [9.17, 15) is 19.2 Å². The Hall–Kier alpha value is -2.90. The van der Waals surface area contributed by atoms with Gasteiger partial charge in [-0.05, 0) is 31.7 Å². The summed E-state index contributed by atoms with van der Waals surface area (Å²) in [6, 6.07) is 6.79. The van der Waals surface area contributed by atoms with Crippen LogP contribution in [-0.4, -0.2) is 42.3 Å². The van der Waals surface area contributed by atoms with Crippen LogP contribution >= 0.6 is 0 Å². The van der Waals surface area contributed by atoms with E-state index in [0.29, 0.717) is 12.7 Å². The smallest absolute Gasteiger partial charge is 0.408 e. The quantitative estimate of drug-likeness (QED) is 0.524. The van der Waals surface area contributed by atoms with Crippen LogP contribution in [0.25, 0.3) is 0 Å². The first-order chi connectivity index (χ1) is 13.2. The first-order valence-electron chi connectivity index (χ1n) is 9.26. The van der Waals surface area contributed by atoms with E-state index in [1.54, 1.807) is 0 Å². The number of nitrogens with one attached hydrogen (secondary N) is 3. The van der Waals surface area contributed by atoms with E-state index in [-0.39, 0.29) is 12.5 Å². The highest BCUT2D eigenvalue weighted by Gasteiger charge is 2.23. The summed E-state index contributed by atoms with van der Waals surface area (Å²) in [7, 11) is 0. The zero-order chi connectivity index (χ0) is 21.1. The minimum atomic E-state index is -0.893. The molecule has 0 fully saturated rings. The highest BCUT2D eigenvalue weighted by atomic mass is 16.5. The number of amides is 3. The van der Waals surface area contributed by atoms with Crippen molar-refractivity contribution in [1.82, 2.24) is 16.0 Å². The lowest BCUT2D eigenvalue weighted by atomic mass is 10.0. The van der Waals surface area contributed by atoms with Gasteiger partial charge in [0, 0.05) is 0 Å². The van der Waals surface area contributed by atoms with Gasteiger partial charge in [-0.1, -0.05) is 44.2 Å². The lowest BCUT2D eigenvalue weighted by Crippen LogP contribution is -2.53. The zero-order valence-electron chi connectivity index (χ0n) is 16.7. The van der Waals surface area contributed by atoms with Gasteiger partial charge >= 0.3 is 6.09 Å². The Labute approximate surface area is 165 Å². The summed E-state index contributed by atoms with van der Waals surface area (Å²) in [6.45, 7) is 6.96. The second-order valence-corrected chi connectivity index (χ2v) is 7.04. The first kappa shape index (κ1) is 23.1. The van der Waals surface area contributed by atoms with Gasteiger partial charge in [-0.3, -0.25) is 9.59 Å². The number of rotatable bonds is 10. The van der Waals surface area contributed by atoms with Gasteiger partial charge in [-0.25, -0.2) is 4.79 Å². The van der Waals surface area contributed by atoms with Crippen molar-refractivity contribution in [1.29, 1.82) is 0 Å². The molecular weight excluding hydrogens is 362 g/mol. The summed E-state index contributed by atoms with van der Waals surface area (Å²) < 4.78 is 5.06. The number of hydrogen-bond donors (Lipinski definition) is 3. The lowest BCUT2D eigenvalue weighted by Gasteiger charge is -2.20. The number of benzene rings is 1. The summed E-state index contributed by atoms with van der Waals surface area (Å²) >= 11 is 0. The Morgan fingerprint density at radius 2 is 1.50 bits per heavy atom. The van der Waals surface area contributed by atoms with E-state index >= 15 is 0 Å². The third kappa shape index (κ3) is 8.66. The van der Waals surface area contributed by atoms with Crippen molar-refractivity contribution in [3.8, 4) is 0 Å². The summed E-state index contributed by atoms with van der Waals surface area (Å²) in [4.78, 5) is 47.2. The van der Waals surface area contributed by atoms with Gasteiger partial charge in [-0.15, -0.1) is 0 Å². The first-order valence-corrected chi connectivity index (χ1v) is 9.26. The average Bonchev–Trinajstić information content (AvgIpc) is 2.65. The fourth-order valence-corrected chi connectivity index (χ4v) is 2.38. The van der Waals surface area contributed by atoms with E-state index in [1.807, 2.05) is 44.2 Å². The predicted octanol–water partition coefficient (Wildman–Crippen LogP) is 1.54. The molecule has 0 radical (unpaired) electrons. The molecule has 0 aliphatic rings. The maximum atomic E-state index is 12.2. The van der Waals surface area contributed by atoms with Gasteiger partial charge in [0.25, 0.3) is 0 Å². The highest BCUT2D eigenvalue weighted by molar-refractivity contribution is 5.91. The zero-order valence-corrected chi connectivity index (χ0v) is 16.7. The maximum Gasteiger partial charge on any atom is 0.408 e. The third-order valence-corrected chi connectivity index (χ3v) is 3.91. The fraction of sp³-hybridized carbons (Fsp3) is 0.500. The molecule has 1 aromatic carbocycles. The molecule has 0 aliphatic heterocycles. The van der Waals surface area contributed by atoms with Crippen LogP contribution in [0.15, 0.2) is 30.3 Å². The SMILES string of the molecule is CC(C)CC(C=O)NC(=O)C(C)NC(=O)C(C)NC(=O)OCc1ccccc1. The fourth-order valence-electron chi connectivity index (χ4n) is 2.38. The molecule has 1 aromatic rings. The van der Waals surface area contributed by atoms with Crippen LogP contribution in [0, 0.1) is 5.92 Å². The summed E-state index contributed by atoms with van der Waals surface area (Å²) in [5.41, 5.74) is 0.825. The number of ether oxygens (including phenoxy) is 1. The normalized spacial score (nSPS) is 13.8. The molecule has 3 unspecified atom stereocenters. The topological polar surface area (TPSA) is 114 Å². The molecule has 8 nitrogen and oxygen atoms in total. The van der Waals surface area contributed by atoms with Crippen LogP contribution in [0.3, 0.4) is 0 Å². The minimum absolute atomic E-state index is 0.0861. The number of hydrogen-bond acceptors (Lipinski definition) is 5. The van der Waals surface area contributed by atoms with Gasteiger partial charge in [0.1, 0.15) is 25.0 Å². The Balaban J connectivity index is 2.41. The molecule has 154 valence electrons. The Kier molecular flexibility index (Phi) is 9.70. The van der Waals surface area contributed by atoms with E-state index in [2.05, 4.69) is 16.0 Å². The molecule has 28 heavy (non-hydrogen) atoms. The molecule has 8 heteroatoms. The second kappa shape index (κ2) is 11.7. The highest BCUT2D eigenvalue weighted by Crippen LogP contribution is 2.03. The van der Waals surface area contributed by atoms with Crippen molar-refractivity contribution < 1.29 is 23.9 Å². The van der Waals surface area contributed by atoms with Crippen molar-refractivity contribution in [2.75, 3.05) is 0 Å². The van der Waals surface area contributed by atoms with Crippen molar-refractivity contribution in [2.24, 2.45) is 5.92 Å². The van der Waals surface area contributed by atoms with Crippen molar-refractivity contribution in [3.63, 3.8) is 0 Å². The van der Waals surface area contributed by atoms with E-state index in [1.165, 1.54) is 13.8 Å². The van der Waals surface area contributed by atoms with Crippen LogP contribution in [0.2, 0.25) is 0 Å². The average molecular weight is 391 g/mol. The van der Waals surface area contributed by atoms with Crippen molar-refractivity contribution >= 4 is 24.2 Å². The molecule has 0 bridgehead atoms. The Morgan fingerprint density at radius 3 is 2.07 bits per heavy atom. The molecule has 3 amide bonds.